The summed E-state index contributed by atoms with van der Waals surface area (Å²) in [6.45, 7) is 0.482. The van der Waals surface area contributed by atoms with Crippen LogP contribution in [0.4, 0.5) is 5.69 Å². The predicted octanol–water partition coefficient (Wildman–Crippen LogP) is 7.01. The zero-order chi connectivity index (χ0) is 25.1. The molecule has 1 N–H and O–H groups in total. The van der Waals surface area contributed by atoms with Crippen LogP contribution in [0.5, 0.6) is 5.75 Å². The minimum absolute atomic E-state index is 0.139. The molecule has 0 spiro atoms. The molecule has 3 aromatic carbocycles. The van der Waals surface area contributed by atoms with Crippen molar-refractivity contribution in [2.24, 2.45) is 4.99 Å². The van der Waals surface area contributed by atoms with Gasteiger partial charge in [0.25, 0.3) is 5.91 Å². The fourth-order valence-corrected chi connectivity index (χ4v) is 6.60. The Morgan fingerprint density at radius 2 is 1.69 bits per heavy atom. The zero-order valence-corrected chi connectivity index (χ0v) is 25.5. The third kappa shape index (κ3) is 6.57. The lowest BCUT2D eigenvalue weighted by Crippen LogP contribution is -2.23. The van der Waals surface area contributed by atoms with E-state index in [9.17, 15) is 9.59 Å². The lowest BCUT2D eigenvalue weighted by atomic mass is 10.2. The van der Waals surface area contributed by atoms with E-state index in [4.69, 9.17) is 9.84 Å². The van der Waals surface area contributed by atoms with Gasteiger partial charge < -0.3 is 9.84 Å². The number of hydrogen-bond acceptors (Lipinski definition) is 5. The molecule has 0 aromatic heterocycles. The van der Waals surface area contributed by atoms with Crippen LogP contribution in [-0.2, 0) is 11.4 Å². The van der Waals surface area contributed by atoms with Gasteiger partial charge in [0, 0.05) is 10.6 Å². The fraction of sp³-hybridized carbons (Fsp3) is 0.0800. The van der Waals surface area contributed by atoms with Crippen LogP contribution in [0, 0.1) is 10.7 Å². The number of nitrogens with zero attached hydrogens (tertiary/aromatic N) is 2. The van der Waals surface area contributed by atoms with Gasteiger partial charge in [0.1, 0.15) is 12.4 Å². The highest BCUT2D eigenvalue weighted by molar-refractivity contribution is 14.1. The summed E-state index contributed by atoms with van der Waals surface area (Å²) in [6.07, 6.45) is 1.85. The van der Waals surface area contributed by atoms with E-state index in [-0.39, 0.29) is 11.5 Å². The molecule has 1 aliphatic rings. The number of likely N-dealkylation sites (N-methyl/N-ethyl adjacent to an activating group) is 1. The van der Waals surface area contributed by atoms with Gasteiger partial charge in [-0.1, -0.05) is 12.1 Å². The number of carbonyl (C=O) groups excluding carboxylic acids is 1. The number of aliphatic imine (C=N–C) groups is 1. The summed E-state index contributed by atoms with van der Waals surface area (Å²) in [7, 11) is 1.68. The van der Waals surface area contributed by atoms with Gasteiger partial charge in [-0.15, -0.1) is 0 Å². The van der Waals surface area contributed by atoms with Crippen molar-refractivity contribution in [2.45, 2.75) is 6.61 Å². The Morgan fingerprint density at radius 3 is 2.29 bits per heavy atom. The van der Waals surface area contributed by atoms with Crippen molar-refractivity contribution in [1.29, 1.82) is 0 Å². The molecule has 1 amide bonds. The highest BCUT2D eigenvalue weighted by atomic mass is 127. The zero-order valence-electron chi connectivity index (χ0n) is 18.2. The Bertz CT molecular complexity index is 1330. The molecule has 0 radical (unpaired) electrons. The standard InChI is InChI=1S/C25H17I3N2O4S/c1-30-23(31)21(35-25(30)29-18-8-4-16(5-9-18)24(32)33)12-15-10-19(27)22(20(28)11-15)34-13-14-2-6-17(26)7-3-14/h2-12H,13H2,1H3,(H,32,33)/b21-12-,29-25?. The van der Waals surface area contributed by atoms with Gasteiger partial charge >= 0.3 is 5.97 Å². The number of ether oxygens (including phenoxy) is 1. The number of carbonyl (C=O) groups is 2. The Labute approximate surface area is 247 Å². The number of thioether (sulfide) groups is 1. The molecule has 1 heterocycles. The Morgan fingerprint density at radius 1 is 1.06 bits per heavy atom. The first-order chi connectivity index (χ1) is 16.7. The van der Waals surface area contributed by atoms with Crippen LogP contribution in [-0.4, -0.2) is 34.1 Å². The molecule has 0 unspecified atom stereocenters. The van der Waals surface area contributed by atoms with Crippen molar-refractivity contribution in [3.05, 3.63) is 93.0 Å². The van der Waals surface area contributed by atoms with Crippen molar-refractivity contribution in [3.8, 4) is 5.75 Å². The average molecular weight is 822 g/mol. The van der Waals surface area contributed by atoms with Crippen molar-refractivity contribution in [3.63, 3.8) is 0 Å². The summed E-state index contributed by atoms with van der Waals surface area (Å²) in [5.41, 5.74) is 2.77. The van der Waals surface area contributed by atoms with Gasteiger partial charge in [0.2, 0.25) is 0 Å². The smallest absolute Gasteiger partial charge is 0.335 e. The molecule has 6 nitrogen and oxygen atoms in total. The lowest BCUT2D eigenvalue weighted by molar-refractivity contribution is -0.121. The quantitative estimate of drug-likeness (QED) is 0.214. The third-order valence-electron chi connectivity index (χ3n) is 4.96. The van der Waals surface area contributed by atoms with Crippen LogP contribution in [0.3, 0.4) is 0 Å². The maximum Gasteiger partial charge on any atom is 0.335 e. The van der Waals surface area contributed by atoms with E-state index < -0.39 is 5.97 Å². The summed E-state index contributed by atoms with van der Waals surface area (Å²) in [5, 5.41) is 9.58. The van der Waals surface area contributed by atoms with E-state index in [2.05, 4.69) is 97.0 Å². The molecule has 3 aromatic rings. The molecule has 0 aliphatic carbocycles. The number of amidine groups is 1. The minimum atomic E-state index is -0.993. The monoisotopic (exact) mass is 822 g/mol. The van der Waals surface area contributed by atoms with E-state index in [0.29, 0.717) is 22.4 Å². The molecular weight excluding hydrogens is 805 g/mol. The summed E-state index contributed by atoms with van der Waals surface area (Å²) < 4.78 is 9.19. The molecule has 1 aliphatic heterocycles. The minimum Gasteiger partial charge on any atom is -0.487 e. The van der Waals surface area contributed by atoms with Gasteiger partial charge in [0.05, 0.1) is 23.3 Å². The van der Waals surface area contributed by atoms with Gasteiger partial charge in [-0.2, -0.15) is 0 Å². The molecule has 4 rings (SSSR count). The van der Waals surface area contributed by atoms with Gasteiger partial charge in [-0.05, 0) is 145 Å². The lowest BCUT2D eigenvalue weighted by Gasteiger charge is -2.12. The molecule has 10 heteroatoms. The second kappa shape index (κ2) is 11.6. The third-order valence-corrected chi connectivity index (χ3v) is 8.34. The molecule has 0 saturated carbocycles. The maximum atomic E-state index is 12.8. The summed E-state index contributed by atoms with van der Waals surface area (Å²) in [5.74, 6) is -0.311. The van der Waals surface area contributed by atoms with Crippen LogP contribution in [0.1, 0.15) is 21.5 Å². The summed E-state index contributed by atoms with van der Waals surface area (Å²) >= 11 is 8.07. The summed E-state index contributed by atoms with van der Waals surface area (Å²) in [6, 6.07) is 18.4. The van der Waals surface area contributed by atoms with Gasteiger partial charge in [0.15, 0.2) is 5.17 Å². The number of hydrogen-bond donors (Lipinski definition) is 1. The second-order valence-corrected chi connectivity index (χ2v) is 12.0. The molecule has 1 saturated heterocycles. The normalized spacial score (nSPS) is 15.8. The Hall–Kier alpha value is -1.65. The number of rotatable bonds is 6. The van der Waals surface area contributed by atoms with E-state index in [0.717, 1.165) is 24.0 Å². The molecule has 35 heavy (non-hydrogen) atoms. The molecule has 0 bridgehead atoms. The second-order valence-electron chi connectivity index (χ2n) is 7.45. The SMILES string of the molecule is CN1C(=O)/C(=C/c2cc(I)c(OCc3ccc(I)cc3)c(I)c2)SC1=Nc1ccc(C(=O)O)cc1. The first-order valence-corrected chi connectivity index (χ1v) is 14.2. The number of carboxylic acids is 1. The molecule has 1 fully saturated rings. The van der Waals surface area contributed by atoms with E-state index >= 15 is 0 Å². The first kappa shape index (κ1) is 26.4. The van der Waals surface area contributed by atoms with E-state index in [1.54, 1.807) is 19.2 Å². The number of amides is 1. The number of aromatic carboxylic acids is 1. The van der Waals surface area contributed by atoms with Crippen LogP contribution >= 0.6 is 79.5 Å². The highest BCUT2D eigenvalue weighted by Crippen LogP contribution is 2.35. The van der Waals surface area contributed by atoms with Crippen molar-refractivity contribution >= 4 is 108 Å². The van der Waals surface area contributed by atoms with Gasteiger partial charge in [-0.3, -0.25) is 9.69 Å². The Balaban J connectivity index is 1.52. The average Bonchev–Trinajstić information content (AvgIpc) is 3.07. The van der Waals surface area contributed by atoms with E-state index in [1.165, 1.54) is 32.4 Å². The molecule has 0 atom stereocenters. The Kier molecular flexibility index (Phi) is 8.76. The van der Waals surface area contributed by atoms with Crippen LogP contribution in [0.25, 0.3) is 6.08 Å². The van der Waals surface area contributed by atoms with Crippen LogP contribution in [0.15, 0.2) is 70.6 Å². The van der Waals surface area contributed by atoms with E-state index in [1.807, 2.05) is 18.2 Å². The molecular formula is C25H17I3N2O4S. The van der Waals surface area contributed by atoms with Crippen molar-refractivity contribution < 1.29 is 19.4 Å². The highest BCUT2D eigenvalue weighted by Gasteiger charge is 2.30. The number of halogens is 3. The fourth-order valence-electron chi connectivity index (χ4n) is 3.13. The topological polar surface area (TPSA) is 79.2 Å². The predicted molar refractivity (Wildman–Crippen MR) is 164 cm³/mol. The number of carboxylic acid groups (broad SMARTS) is 1. The maximum absolute atomic E-state index is 12.8. The molecule has 178 valence electrons. The van der Waals surface area contributed by atoms with Gasteiger partial charge in [-0.25, -0.2) is 9.79 Å². The number of benzene rings is 3. The first-order valence-electron chi connectivity index (χ1n) is 10.2. The van der Waals surface area contributed by atoms with Crippen LogP contribution < -0.4 is 4.74 Å². The summed E-state index contributed by atoms with van der Waals surface area (Å²) in [4.78, 5) is 30.4. The van der Waals surface area contributed by atoms with Crippen molar-refractivity contribution in [1.82, 2.24) is 4.90 Å². The van der Waals surface area contributed by atoms with Crippen LogP contribution in [0.2, 0.25) is 0 Å². The van der Waals surface area contributed by atoms with Crippen molar-refractivity contribution in [2.75, 3.05) is 7.05 Å². The largest absolute Gasteiger partial charge is 0.487 e.